The first-order valence-corrected chi connectivity index (χ1v) is 7.45. The minimum absolute atomic E-state index is 0.278. The quantitative estimate of drug-likeness (QED) is 0.841. The summed E-state index contributed by atoms with van der Waals surface area (Å²) in [6.45, 7) is 1.75. The van der Waals surface area contributed by atoms with Crippen molar-refractivity contribution in [2.45, 2.75) is 18.9 Å². The first kappa shape index (κ1) is 13.3. The second kappa shape index (κ2) is 6.21. The smallest absolute Gasteiger partial charge is 0.0444 e. The van der Waals surface area contributed by atoms with Crippen molar-refractivity contribution < 1.29 is 0 Å². The van der Waals surface area contributed by atoms with Gasteiger partial charge in [-0.15, -0.1) is 0 Å². The standard InChI is InChI=1S/C18H22N2/c19-12-18(20-13-14-6-7-14)17-10-8-16(9-11-17)15-4-2-1-3-5-15/h1-5,8-11,14,18,20H,6-7,12-13,19H2. The number of nitrogens with two attached hydrogens (primary N) is 1. The predicted octanol–water partition coefficient (Wildman–Crippen LogP) is 3.35. The van der Waals surface area contributed by atoms with E-state index in [0.29, 0.717) is 6.54 Å². The van der Waals surface area contributed by atoms with E-state index in [1.54, 1.807) is 0 Å². The molecule has 1 aliphatic rings. The van der Waals surface area contributed by atoms with Gasteiger partial charge in [-0.2, -0.15) is 0 Å². The summed E-state index contributed by atoms with van der Waals surface area (Å²) in [5, 5.41) is 3.58. The highest BCUT2D eigenvalue weighted by molar-refractivity contribution is 5.63. The van der Waals surface area contributed by atoms with E-state index in [1.807, 2.05) is 6.07 Å². The molecule has 2 aromatic rings. The van der Waals surface area contributed by atoms with Crippen molar-refractivity contribution in [3.63, 3.8) is 0 Å². The van der Waals surface area contributed by atoms with Crippen molar-refractivity contribution in [3.05, 3.63) is 60.2 Å². The highest BCUT2D eigenvalue weighted by Gasteiger charge is 2.22. The third-order valence-corrected chi connectivity index (χ3v) is 4.01. The maximum Gasteiger partial charge on any atom is 0.0444 e. The van der Waals surface area contributed by atoms with Gasteiger partial charge in [0.2, 0.25) is 0 Å². The summed E-state index contributed by atoms with van der Waals surface area (Å²) >= 11 is 0. The van der Waals surface area contributed by atoms with Crippen LogP contribution in [-0.4, -0.2) is 13.1 Å². The molecule has 0 heterocycles. The average Bonchev–Trinajstić information content (AvgIpc) is 3.34. The molecule has 2 heteroatoms. The second-order valence-corrected chi connectivity index (χ2v) is 5.63. The maximum absolute atomic E-state index is 5.90. The third-order valence-electron chi connectivity index (χ3n) is 4.01. The molecule has 2 nitrogen and oxygen atoms in total. The molecule has 3 N–H and O–H groups in total. The summed E-state index contributed by atoms with van der Waals surface area (Å²) < 4.78 is 0. The fourth-order valence-corrected chi connectivity index (χ4v) is 2.51. The molecule has 0 spiro atoms. The second-order valence-electron chi connectivity index (χ2n) is 5.63. The summed E-state index contributed by atoms with van der Waals surface area (Å²) in [6.07, 6.45) is 2.74. The van der Waals surface area contributed by atoms with Crippen LogP contribution in [0.1, 0.15) is 24.4 Å². The Labute approximate surface area is 121 Å². The molecule has 1 fully saturated rings. The van der Waals surface area contributed by atoms with Gasteiger partial charge in [0.1, 0.15) is 0 Å². The Kier molecular flexibility index (Phi) is 4.14. The summed E-state index contributed by atoms with van der Waals surface area (Å²) in [5.74, 6) is 0.882. The Morgan fingerprint density at radius 3 is 2.20 bits per heavy atom. The molecule has 1 atom stereocenters. The summed E-state index contributed by atoms with van der Waals surface area (Å²) in [6, 6.07) is 19.5. The van der Waals surface area contributed by atoms with E-state index in [1.165, 1.54) is 29.5 Å². The van der Waals surface area contributed by atoms with Gasteiger partial charge in [-0.05, 0) is 42.0 Å². The Balaban J connectivity index is 1.70. The van der Waals surface area contributed by atoms with Crippen LogP contribution < -0.4 is 11.1 Å². The number of hydrogen-bond acceptors (Lipinski definition) is 2. The Morgan fingerprint density at radius 2 is 1.60 bits per heavy atom. The first-order chi connectivity index (χ1) is 9.86. The first-order valence-electron chi connectivity index (χ1n) is 7.45. The lowest BCUT2D eigenvalue weighted by Gasteiger charge is -2.17. The molecule has 3 rings (SSSR count). The minimum Gasteiger partial charge on any atom is -0.329 e. The molecule has 1 unspecified atom stereocenters. The lowest BCUT2D eigenvalue weighted by molar-refractivity contribution is 0.522. The average molecular weight is 266 g/mol. The monoisotopic (exact) mass is 266 g/mol. The molecule has 0 aliphatic heterocycles. The molecular weight excluding hydrogens is 244 g/mol. The minimum atomic E-state index is 0.278. The van der Waals surface area contributed by atoms with Crippen molar-refractivity contribution in [1.29, 1.82) is 0 Å². The van der Waals surface area contributed by atoms with Crippen LogP contribution in [0.3, 0.4) is 0 Å². The van der Waals surface area contributed by atoms with Crippen LogP contribution >= 0.6 is 0 Å². The molecule has 0 radical (unpaired) electrons. The van der Waals surface area contributed by atoms with Gasteiger partial charge >= 0.3 is 0 Å². The van der Waals surface area contributed by atoms with Crippen molar-refractivity contribution in [2.24, 2.45) is 11.7 Å². The molecule has 20 heavy (non-hydrogen) atoms. The Hall–Kier alpha value is -1.64. The third kappa shape index (κ3) is 3.27. The van der Waals surface area contributed by atoms with Gasteiger partial charge in [-0.25, -0.2) is 0 Å². The topological polar surface area (TPSA) is 38.0 Å². The van der Waals surface area contributed by atoms with E-state index < -0.39 is 0 Å². The number of benzene rings is 2. The van der Waals surface area contributed by atoms with Gasteiger partial charge in [0.05, 0.1) is 0 Å². The van der Waals surface area contributed by atoms with Crippen LogP contribution in [0, 0.1) is 5.92 Å². The van der Waals surface area contributed by atoms with Crippen molar-refractivity contribution in [1.82, 2.24) is 5.32 Å². The van der Waals surface area contributed by atoms with Crippen LogP contribution in [-0.2, 0) is 0 Å². The van der Waals surface area contributed by atoms with E-state index >= 15 is 0 Å². The van der Waals surface area contributed by atoms with Crippen LogP contribution in [0.25, 0.3) is 11.1 Å². The van der Waals surface area contributed by atoms with Gasteiger partial charge in [-0.1, -0.05) is 54.6 Å². The molecule has 1 saturated carbocycles. The fraction of sp³-hybridized carbons (Fsp3) is 0.333. The molecule has 1 aliphatic carbocycles. The highest BCUT2D eigenvalue weighted by atomic mass is 14.9. The van der Waals surface area contributed by atoms with Crippen molar-refractivity contribution in [3.8, 4) is 11.1 Å². The molecule has 0 aromatic heterocycles. The lowest BCUT2D eigenvalue weighted by atomic mass is 10.0. The van der Waals surface area contributed by atoms with Crippen molar-refractivity contribution >= 4 is 0 Å². The summed E-state index contributed by atoms with van der Waals surface area (Å²) in [5.41, 5.74) is 9.70. The van der Waals surface area contributed by atoms with Gasteiger partial charge in [-0.3, -0.25) is 0 Å². The molecular formula is C18H22N2. The van der Waals surface area contributed by atoms with E-state index in [-0.39, 0.29) is 6.04 Å². The number of nitrogens with one attached hydrogen (secondary N) is 1. The van der Waals surface area contributed by atoms with Crippen LogP contribution in [0.15, 0.2) is 54.6 Å². The van der Waals surface area contributed by atoms with Gasteiger partial charge in [0.15, 0.2) is 0 Å². The number of hydrogen-bond donors (Lipinski definition) is 2. The Bertz CT molecular complexity index is 529. The van der Waals surface area contributed by atoms with Gasteiger partial charge < -0.3 is 11.1 Å². The largest absolute Gasteiger partial charge is 0.329 e. The number of rotatable bonds is 6. The summed E-state index contributed by atoms with van der Waals surface area (Å²) in [4.78, 5) is 0. The van der Waals surface area contributed by atoms with Crippen LogP contribution in [0.2, 0.25) is 0 Å². The molecule has 2 aromatic carbocycles. The van der Waals surface area contributed by atoms with E-state index in [4.69, 9.17) is 5.73 Å². The molecule has 0 amide bonds. The molecule has 0 bridgehead atoms. The predicted molar refractivity (Wildman–Crippen MR) is 84.4 cm³/mol. The van der Waals surface area contributed by atoms with Crippen LogP contribution in [0.4, 0.5) is 0 Å². The lowest BCUT2D eigenvalue weighted by Crippen LogP contribution is -2.29. The van der Waals surface area contributed by atoms with Gasteiger partial charge in [0.25, 0.3) is 0 Å². The molecule has 0 saturated heterocycles. The van der Waals surface area contributed by atoms with E-state index in [9.17, 15) is 0 Å². The summed E-state index contributed by atoms with van der Waals surface area (Å²) in [7, 11) is 0. The molecule has 104 valence electrons. The Morgan fingerprint density at radius 1 is 0.950 bits per heavy atom. The van der Waals surface area contributed by atoms with Crippen LogP contribution in [0.5, 0.6) is 0 Å². The normalized spacial score (nSPS) is 16.1. The SMILES string of the molecule is NCC(NCC1CC1)c1ccc(-c2ccccc2)cc1. The van der Waals surface area contributed by atoms with E-state index in [2.05, 4.69) is 53.8 Å². The van der Waals surface area contributed by atoms with Gasteiger partial charge in [0, 0.05) is 12.6 Å². The zero-order chi connectivity index (χ0) is 13.8. The maximum atomic E-state index is 5.90. The highest BCUT2D eigenvalue weighted by Crippen LogP contribution is 2.28. The zero-order valence-corrected chi connectivity index (χ0v) is 11.8. The van der Waals surface area contributed by atoms with E-state index in [0.717, 1.165) is 12.5 Å². The fourth-order valence-electron chi connectivity index (χ4n) is 2.51. The zero-order valence-electron chi connectivity index (χ0n) is 11.8. The van der Waals surface area contributed by atoms with Crippen molar-refractivity contribution in [2.75, 3.05) is 13.1 Å².